The van der Waals surface area contributed by atoms with Crippen molar-refractivity contribution in [2.24, 2.45) is 0 Å². The molecule has 0 spiro atoms. The molecule has 4 nitrogen and oxygen atoms in total. The third-order valence-corrected chi connectivity index (χ3v) is 6.67. The molecular formula is C19H18FN3OS2. The lowest BCUT2D eigenvalue weighted by molar-refractivity contribution is -0.118. The average molecular weight is 388 g/mol. The molecule has 2 heterocycles. The number of rotatable bonds is 6. The Morgan fingerprint density at radius 2 is 2.15 bits per heavy atom. The predicted octanol–water partition coefficient (Wildman–Crippen LogP) is 3.77. The van der Waals surface area contributed by atoms with E-state index in [1.54, 1.807) is 35.9 Å². The highest BCUT2D eigenvalue weighted by Gasteiger charge is 2.21. The Balaban J connectivity index is 1.35. The largest absolute Gasteiger partial charge is 0.355 e. The quantitative estimate of drug-likeness (QED) is 0.517. The van der Waals surface area contributed by atoms with Gasteiger partial charge in [-0.1, -0.05) is 30.0 Å². The molecule has 1 aliphatic rings. The third-order valence-electron chi connectivity index (χ3n) is 4.48. The van der Waals surface area contributed by atoms with E-state index in [4.69, 9.17) is 0 Å². The van der Waals surface area contributed by atoms with Gasteiger partial charge in [0.25, 0.3) is 0 Å². The van der Waals surface area contributed by atoms with Crippen molar-refractivity contribution in [2.45, 2.75) is 30.7 Å². The fourth-order valence-electron chi connectivity index (χ4n) is 3.23. The number of thioether (sulfide) groups is 1. The van der Waals surface area contributed by atoms with Crippen LogP contribution >= 0.6 is 23.1 Å². The molecule has 7 heteroatoms. The Kier molecular flexibility index (Phi) is 5.17. The molecule has 26 heavy (non-hydrogen) atoms. The van der Waals surface area contributed by atoms with Crippen molar-refractivity contribution < 1.29 is 9.18 Å². The molecular weight excluding hydrogens is 369 g/mol. The fraction of sp³-hybridized carbons (Fsp3) is 0.316. The molecule has 1 aromatic carbocycles. The number of nitrogens with zero attached hydrogens (tertiary/aromatic N) is 2. The molecule has 0 aliphatic heterocycles. The Bertz CT molecular complexity index is 957. The number of thiophene rings is 1. The van der Waals surface area contributed by atoms with Crippen molar-refractivity contribution in [3.05, 3.63) is 52.4 Å². The van der Waals surface area contributed by atoms with Gasteiger partial charge in [-0.2, -0.15) is 0 Å². The second-order valence-corrected chi connectivity index (χ2v) is 8.24. The van der Waals surface area contributed by atoms with Gasteiger partial charge < -0.3 is 5.32 Å². The molecule has 0 atom stereocenters. The summed E-state index contributed by atoms with van der Waals surface area (Å²) in [5, 5.41) is 4.88. The number of amides is 1. The van der Waals surface area contributed by atoms with Crippen LogP contribution in [-0.4, -0.2) is 28.2 Å². The van der Waals surface area contributed by atoms with Gasteiger partial charge in [-0.3, -0.25) is 4.79 Å². The summed E-state index contributed by atoms with van der Waals surface area (Å²) in [5.74, 6) is 0.00404. The van der Waals surface area contributed by atoms with Gasteiger partial charge in [0.2, 0.25) is 5.91 Å². The van der Waals surface area contributed by atoms with Crippen molar-refractivity contribution in [3.63, 3.8) is 0 Å². The lowest BCUT2D eigenvalue weighted by Gasteiger charge is -2.07. The van der Waals surface area contributed by atoms with Crippen LogP contribution in [0.3, 0.4) is 0 Å². The van der Waals surface area contributed by atoms with Gasteiger partial charge in [-0.25, -0.2) is 14.4 Å². The molecule has 0 unspecified atom stereocenters. The molecule has 4 rings (SSSR count). The lowest BCUT2D eigenvalue weighted by atomic mass is 10.1. The van der Waals surface area contributed by atoms with Crippen LogP contribution in [-0.2, 0) is 24.1 Å². The van der Waals surface area contributed by atoms with Gasteiger partial charge in [-0.15, -0.1) is 11.3 Å². The maximum absolute atomic E-state index is 13.6. The molecule has 1 amide bonds. The number of aryl methyl sites for hydroxylation is 2. The summed E-state index contributed by atoms with van der Waals surface area (Å²) in [4.78, 5) is 23.3. The summed E-state index contributed by atoms with van der Waals surface area (Å²) >= 11 is 3.19. The minimum Gasteiger partial charge on any atom is -0.355 e. The van der Waals surface area contributed by atoms with Crippen LogP contribution in [0.15, 0.2) is 35.6 Å². The summed E-state index contributed by atoms with van der Waals surface area (Å²) in [5.41, 5.74) is 1.99. The van der Waals surface area contributed by atoms with E-state index in [0.717, 1.165) is 28.1 Å². The van der Waals surface area contributed by atoms with Gasteiger partial charge >= 0.3 is 0 Å². The first-order valence-corrected chi connectivity index (χ1v) is 10.4. The van der Waals surface area contributed by atoms with E-state index in [0.29, 0.717) is 24.3 Å². The highest BCUT2D eigenvalue weighted by Crippen LogP contribution is 2.39. The van der Waals surface area contributed by atoms with E-state index in [9.17, 15) is 9.18 Å². The van der Waals surface area contributed by atoms with Crippen molar-refractivity contribution in [2.75, 3.05) is 12.3 Å². The van der Waals surface area contributed by atoms with E-state index >= 15 is 0 Å². The van der Waals surface area contributed by atoms with Gasteiger partial charge in [0.1, 0.15) is 22.0 Å². The zero-order chi connectivity index (χ0) is 17.9. The summed E-state index contributed by atoms with van der Waals surface area (Å²) in [6.07, 6.45) is 5.44. The summed E-state index contributed by atoms with van der Waals surface area (Å²) in [6.45, 7) is 0.424. The zero-order valence-corrected chi connectivity index (χ0v) is 15.8. The van der Waals surface area contributed by atoms with E-state index in [1.165, 1.54) is 34.7 Å². The second kappa shape index (κ2) is 7.72. The highest BCUT2D eigenvalue weighted by atomic mass is 32.2. The van der Waals surface area contributed by atoms with Crippen molar-refractivity contribution >= 4 is 39.2 Å². The first-order valence-electron chi connectivity index (χ1n) is 8.60. The second-order valence-electron chi connectivity index (χ2n) is 6.20. The van der Waals surface area contributed by atoms with E-state index in [1.807, 2.05) is 0 Å². The van der Waals surface area contributed by atoms with E-state index in [-0.39, 0.29) is 11.7 Å². The molecule has 0 saturated heterocycles. The van der Waals surface area contributed by atoms with Crippen LogP contribution in [0.25, 0.3) is 10.2 Å². The smallest absolute Gasteiger partial charge is 0.230 e. The number of nitrogens with one attached hydrogen (secondary N) is 1. The van der Waals surface area contributed by atoms with Crippen molar-refractivity contribution in [1.29, 1.82) is 0 Å². The standard InChI is InChI=1S/C19H18FN3OS2/c20-14-6-2-1-4-12(14)8-9-21-16(24)10-25-18-17-13-5-3-7-15(13)26-19(17)23-11-22-18/h1-2,4,6,11H,3,5,7-10H2,(H,21,24). The maximum atomic E-state index is 13.6. The maximum Gasteiger partial charge on any atom is 0.230 e. The summed E-state index contributed by atoms with van der Waals surface area (Å²) in [7, 11) is 0. The SMILES string of the molecule is O=C(CSc1ncnc2sc3c(c12)CCC3)NCCc1ccccc1F. The molecule has 2 aromatic heterocycles. The molecule has 0 radical (unpaired) electrons. The molecule has 134 valence electrons. The van der Waals surface area contributed by atoms with Crippen LogP contribution < -0.4 is 5.32 Å². The number of hydrogen-bond acceptors (Lipinski definition) is 5. The first-order chi connectivity index (χ1) is 12.7. The Hall–Kier alpha value is -1.99. The first kappa shape index (κ1) is 17.4. The van der Waals surface area contributed by atoms with Crippen LogP contribution in [0.4, 0.5) is 4.39 Å². The van der Waals surface area contributed by atoms with Crippen LogP contribution in [0.5, 0.6) is 0 Å². The molecule has 0 fully saturated rings. The average Bonchev–Trinajstić information content (AvgIpc) is 3.22. The number of halogens is 1. The number of benzene rings is 1. The van der Waals surface area contributed by atoms with Crippen molar-refractivity contribution in [3.8, 4) is 0 Å². The van der Waals surface area contributed by atoms with Gasteiger partial charge in [0, 0.05) is 16.8 Å². The third kappa shape index (κ3) is 3.59. The van der Waals surface area contributed by atoms with Gasteiger partial charge in [-0.05, 0) is 42.9 Å². The van der Waals surface area contributed by atoms with Gasteiger partial charge in [0.05, 0.1) is 5.75 Å². The molecule has 1 aliphatic carbocycles. The summed E-state index contributed by atoms with van der Waals surface area (Å²) in [6, 6.07) is 6.64. The Labute approximate surface area is 159 Å². The zero-order valence-electron chi connectivity index (χ0n) is 14.1. The normalized spacial score (nSPS) is 13.1. The number of hydrogen-bond donors (Lipinski definition) is 1. The lowest BCUT2D eigenvalue weighted by Crippen LogP contribution is -2.27. The Morgan fingerprint density at radius 3 is 3.04 bits per heavy atom. The number of carbonyl (C=O) groups is 1. The number of aromatic nitrogens is 2. The van der Waals surface area contributed by atoms with Gasteiger partial charge in [0.15, 0.2) is 0 Å². The van der Waals surface area contributed by atoms with Crippen LogP contribution in [0.1, 0.15) is 22.4 Å². The summed E-state index contributed by atoms with van der Waals surface area (Å²) < 4.78 is 13.6. The monoisotopic (exact) mass is 387 g/mol. The van der Waals surface area contributed by atoms with E-state index < -0.39 is 0 Å². The molecule has 1 N–H and O–H groups in total. The van der Waals surface area contributed by atoms with E-state index in [2.05, 4.69) is 15.3 Å². The minimum atomic E-state index is -0.231. The topological polar surface area (TPSA) is 54.9 Å². The molecule has 0 saturated carbocycles. The molecule has 0 bridgehead atoms. The fourth-order valence-corrected chi connectivity index (χ4v) is 5.38. The number of fused-ring (bicyclic) bond motifs is 3. The van der Waals surface area contributed by atoms with Crippen molar-refractivity contribution in [1.82, 2.24) is 15.3 Å². The predicted molar refractivity (Wildman–Crippen MR) is 103 cm³/mol. The molecule has 3 aromatic rings. The number of carbonyl (C=O) groups excluding carboxylic acids is 1. The van der Waals surface area contributed by atoms with Crippen LogP contribution in [0, 0.1) is 5.82 Å². The van der Waals surface area contributed by atoms with Crippen LogP contribution in [0.2, 0.25) is 0 Å². The minimum absolute atomic E-state index is 0.0648. The highest BCUT2D eigenvalue weighted by molar-refractivity contribution is 8.00. The Morgan fingerprint density at radius 1 is 1.27 bits per heavy atom.